The number of allylic oxidation sites excluding steroid dienone is 2. The van der Waals surface area contributed by atoms with Crippen molar-refractivity contribution >= 4 is 37.0 Å². The van der Waals surface area contributed by atoms with E-state index in [1.165, 1.54) is 0 Å². The molecule has 0 saturated carbocycles. The van der Waals surface area contributed by atoms with E-state index in [1.807, 2.05) is 26.0 Å². The third-order valence-electron chi connectivity index (χ3n) is 16.8. The normalized spacial score (nSPS) is 28.8. The fourth-order valence-electron chi connectivity index (χ4n) is 10.7. The zero-order valence-corrected chi connectivity index (χ0v) is 48.8. The molecule has 3 heterocycles. The topological polar surface area (TPSA) is 109 Å². The maximum atomic E-state index is 14.2. The molecule has 1 amide bonds. The summed E-state index contributed by atoms with van der Waals surface area (Å²) in [4.78, 5) is 32.0. The van der Waals surface area contributed by atoms with Gasteiger partial charge in [-0.25, -0.2) is 4.79 Å². The Labute approximate surface area is 413 Å². The minimum atomic E-state index is -2.11. The van der Waals surface area contributed by atoms with Crippen molar-refractivity contribution in [3.63, 3.8) is 0 Å². The SMILES string of the molecule is CC[C@H](O[Si](CC)(CC)CC)[C@@H](C)[C@H]1O[C@@H]1C[C@](C)(/C=C/C=C(\C)[C@H]1OC(=O)C[C@H](O[Si](CC)(CC)CC)CC[C@@](C)(OC)[C@H](OC(=O)N2CCN(C)CC2)/C=C/[C@@H]1C)O[Si](CC)(CC)CC. The average molecular weight is 994 g/mol. The van der Waals surface area contributed by atoms with Crippen molar-refractivity contribution in [1.82, 2.24) is 9.80 Å². The van der Waals surface area contributed by atoms with Crippen LogP contribution in [0.3, 0.4) is 0 Å². The second-order valence-corrected chi connectivity index (χ2v) is 35.1. The first kappa shape index (κ1) is 59.7. The molecule has 11 nitrogen and oxygen atoms in total. The number of likely N-dealkylation sites (N-methyl/N-ethyl adjacent to an activating group) is 1. The number of hydrogen-bond donors (Lipinski definition) is 0. The Morgan fingerprint density at radius 3 is 1.99 bits per heavy atom. The standard InChI is InChI=1S/C53H100N2O9Si3/c1-18-45(63-66(22-5,23-6)24-7)43(13)50-46(59-50)40-52(14,64-67(25-8,26-9)27-10)33-28-29-41(11)49-42(12)30-31-47(60-51(57)55-37-35-54(16)36-38-55)53(15,58-17)34-32-44(39-48(56)61-49)62-65(19-2,20-3)21-4/h28-31,33,42-47,49-50H,18-27,32,34-40H2,1-17H3/b31-30+,33-28+,41-29+/t42-,43+,44+,45-,46+,47+,49+,50+,52-,53+/m0/s1. The lowest BCUT2D eigenvalue weighted by atomic mass is 9.88. The van der Waals surface area contributed by atoms with Gasteiger partial charge in [0, 0.05) is 57.6 Å². The summed E-state index contributed by atoms with van der Waals surface area (Å²) < 4.78 is 47.2. The van der Waals surface area contributed by atoms with Gasteiger partial charge in [0.25, 0.3) is 0 Å². The Bertz CT molecular complexity index is 1570. The molecule has 0 radical (unpaired) electrons. The van der Waals surface area contributed by atoms with Gasteiger partial charge in [0.15, 0.2) is 31.1 Å². The Hall–Kier alpha value is -1.63. The second-order valence-electron chi connectivity index (χ2n) is 20.9. The van der Waals surface area contributed by atoms with Crippen molar-refractivity contribution in [2.75, 3.05) is 40.3 Å². The predicted octanol–water partition coefficient (Wildman–Crippen LogP) is 12.7. The number of ether oxygens (including phenoxy) is 4. The molecule has 0 unspecified atom stereocenters. The summed E-state index contributed by atoms with van der Waals surface area (Å²) in [6.07, 6.45) is 11.9. The summed E-state index contributed by atoms with van der Waals surface area (Å²) in [6, 6.07) is 9.47. The molecule has 0 N–H and O–H groups in total. The summed E-state index contributed by atoms with van der Waals surface area (Å²) >= 11 is 0. The van der Waals surface area contributed by atoms with Gasteiger partial charge in [-0.2, -0.15) is 0 Å². The van der Waals surface area contributed by atoms with Crippen molar-refractivity contribution in [2.24, 2.45) is 11.8 Å². The first-order valence-corrected chi connectivity index (χ1v) is 34.4. The van der Waals surface area contributed by atoms with Crippen molar-refractivity contribution in [2.45, 2.75) is 238 Å². The van der Waals surface area contributed by atoms with Crippen molar-refractivity contribution in [1.29, 1.82) is 0 Å². The summed E-state index contributed by atoms with van der Waals surface area (Å²) in [6.45, 7) is 36.1. The molecule has 3 aliphatic rings. The molecule has 2 saturated heterocycles. The molecule has 0 aliphatic carbocycles. The van der Waals surface area contributed by atoms with Crippen LogP contribution in [0.4, 0.5) is 4.79 Å². The highest BCUT2D eigenvalue weighted by atomic mass is 28.4. The first-order chi connectivity index (χ1) is 31.7. The van der Waals surface area contributed by atoms with Gasteiger partial charge in [0.05, 0.1) is 30.3 Å². The summed E-state index contributed by atoms with van der Waals surface area (Å²) in [7, 11) is -2.17. The average Bonchev–Trinajstić information content (AvgIpc) is 4.10. The Morgan fingerprint density at radius 1 is 0.896 bits per heavy atom. The van der Waals surface area contributed by atoms with Gasteiger partial charge in [-0.15, -0.1) is 0 Å². The van der Waals surface area contributed by atoms with E-state index in [0.717, 1.165) is 85.9 Å². The second kappa shape index (κ2) is 27.3. The molecule has 0 bridgehead atoms. The summed E-state index contributed by atoms with van der Waals surface area (Å²) in [5.41, 5.74) is -0.504. The number of nitrogens with zero attached hydrogens (tertiary/aromatic N) is 2. The lowest BCUT2D eigenvalue weighted by Crippen LogP contribution is -2.51. The molecule has 0 aromatic heterocycles. The summed E-state index contributed by atoms with van der Waals surface area (Å²) in [5.74, 6) is -0.225. The lowest BCUT2D eigenvalue weighted by Gasteiger charge is -2.39. The number of cyclic esters (lactones) is 1. The lowest BCUT2D eigenvalue weighted by molar-refractivity contribution is -0.151. The van der Waals surface area contributed by atoms with Gasteiger partial charge in [-0.05, 0) is 113 Å². The van der Waals surface area contributed by atoms with Gasteiger partial charge in [-0.1, -0.05) is 107 Å². The molecule has 10 atom stereocenters. The molecule has 0 aromatic rings. The third-order valence-corrected chi connectivity index (χ3v) is 30.9. The number of carbonyl (C=O) groups excluding carboxylic acids is 2. The highest BCUT2D eigenvalue weighted by Crippen LogP contribution is 2.43. The fraction of sp³-hybridized carbons (Fsp3) is 0.849. The van der Waals surface area contributed by atoms with E-state index in [2.05, 4.69) is 120 Å². The van der Waals surface area contributed by atoms with Crippen LogP contribution in [0.2, 0.25) is 54.4 Å². The van der Waals surface area contributed by atoms with Crippen LogP contribution in [0.1, 0.15) is 136 Å². The van der Waals surface area contributed by atoms with Crippen LogP contribution in [0, 0.1) is 11.8 Å². The number of rotatable bonds is 25. The van der Waals surface area contributed by atoms with Crippen LogP contribution in [0.25, 0.3) is 0 Å². The minimum absolute atomic E-state index is 0.0872. The van der Waals surface area contributed by atoms with E-state index in [-0.39, 0.29) is 48.8 Å². The monoisotopic (exact) mass is 993 g/mol. The van der Waals surface area contributed by atoms with Gasteiger partial charge in [0.2, 0.25) is 0 Å². The molecular formula is C53H100N2O9Si3. The number of esters is 1. The maximum Gasteiger partial charge on any atom is 0.410 e. The van der Waals surface area contributed by atoms with Crippen molar-refractivity contribution in [3.8, 4) is 0 Å². The number of methoxy groups -OCH3 is 1. The van der Waals surface area contributed by atoms with Crippen molar-refractivity contribution in [3.05, 3.63) is 36.0 Å². The number of amides is 1. The van der Waals surface area contributed by atoms with Gasteiger partial charge < -0.3 is 42.0 Å². The molecule has 67 heavy (non-hydrogen) atoms. The number of hydrogen-bond acceptors (Lipinski definition) is 10. The molecule has 388 valence electrons. The molecular weight excluding hydrogens is 893 g/mol. The molecule has 3 rings (SSSR count). The van der Waals surface area contributed by atoms with Crippen LogP contribution in [0.15, 0.2) is 36.0 Å². The zero-order chi connectivity index (χ0) is 50.2. The van der Waals surface area contributed by atoms with Crippen LogP contribution in [-0.4, -0.2) is 135 Å². The Morgan fingerprint density at radius 2 is 1.46 bits per heavy atom. The van der Waals surface area contributed by atoms with E-state index in [9.17, 15) is 9.59 Å². The molecule has 2 fully saturated rings. The zero-order valence-electron chi connectivity index (χ0n) is 45.8. The van der Waals surface area contributed by atoms with E-state index >= 15 is 0 Å². The van der Waals surface area contributed by atoms with Crippen molar-refractivity contribution < 1.29 is 41.8 Å². The van der Waals surface area contributed by atoms with Gasteiger partial charge in [0.1, 0.15) is 11.7 Å². The number of epoxide rings is 1. The highest BCUT2D eigenvalue weighted by Gasteiger charge is 2.51. The number of piperazine rings is 1. The van der Waals surface area contributed by atoms with E-state index in [4.69, 9.17) is 32.2 Å². The van der Waals surface area contributed by atoms with Gasteiger partial charge in [-0.3, -0.25) is 4.79 Å². The highest BCUT2D eigenvalue weighted by molar-refractivity contribution is 6.74. The fourth-order valence-corrected chi connectivity index (χ4v) is 19.7. The molecule has 14 heteroatoms. The Kier molecular flexibility index (Phi) is 24.3. The van der Waals surface area contributed by atoms with Crippen LogP contribution in [-0.2, 0) is 37.0 Å². The number of carbonyl (C=O) groups is 2. The molecule has 0 aromatic carbocycles. The quantitative estimate of drug-likeness (QED) is 0.0288. The molecule has 3 aliphatic heterocycles. The Balaban J connectivity index is 2.03. The predicted molar refractivity (Wildman–Crippen MR) is 283 cm³/mol. The molecule has 0 spiro atoms. The van der Waals surface area contributed by atoms with Crippen LogP contribution >= 0.6 is 0 Å². The van der Waals surface area contributed by atoms with Crippen LogP contribution in [0.5, 0.6) is 0 Å². The van der Waals surface area contributed by atoms with E-state index in [1.54, 1.807) is 12.0 Å². The maximum absolute atomic E-state index is 14.2. The van der Waals surface area contributed by atoms with E-state index < -0.39 is 48.4 Å². The van der Waals surface area contributed by atoms with Gasteiger partial charge >= 0.3 is 12.1 Å². The summed E-state index contributed by atoms with van der Waals surface area (Å²) in [5, 5.41) is 0. The minimum Gasteiger partial charge on any atom is -0.457 e. The smallest absolute Gasteiger partial charge is 0.410 e. The van der Waals surface area contributed by atoms with E-state index in [0.29, 0.717) is 31.8 Å². The first-order valence-electron chi connectivity index (χ1n) is 26.9. The third kappa shape index (κ3) is 16.5. The largest absolute Gasteiger partial charge is 0.457 e. The van der Waals surface area contributed by atoms with Crippen LogP contribution < -0.4 is 0 Å².